The topological polar surface area (TPSA) is 87.5 Å². The molecule has 1 aromatic heterocycles. The first kappa shape index (κ1) is 10.7. The van der Waals surface area contributed by atoms with Crippen molar-refractivity contribution in [3.63, 3.8) is 0 Å². The quantitative estimate of drug-likeness (QED) is 0.764. The summed E-state index contributed by atoms with van der Waals surface area (Å²) < 4.78 is 0. The number of pyridine rings is 1. The summed E-state index contributed by atoms with van der Waals surface area (Å²) in [5.41, 5.74) is -0.790. The fourth-order valence-corrected chi connectivity index (χ4v) is 1.25. The number of carbonyl (C=O) groups is 2. The molecule has 0 saturated carbocycles. The van der Waals surface area contributed by atoms with E-state index < -0.39 is 23.1 Å². The van der Waals surface area contributed by atoms with Crippen molar-refractivity contribution in [2.75, 3.05) is 0 Å². The van der Waals surface area contributed by atoms with Crippen LogP contribution >= 0.6 is 23.2 Å². The molecule has 74 valence electrons. The van der Waals surface area contributed by atoms with Crippen molar-refractivity contribution < 1.29 is 19.8 Å². The third kappa shape index (κ3) is 1.94. The predicted molar refractivity (Wildman–Crippen MR) is 48.2 cm³/mol. The third-order valence-electron chi connectivity index (χ3n) is 1.39. The fourth-order valence-electron chi connectivity index (χ4n) is 0.770. The summed E-state index contributed by atoms with van der Waals surface area (Å²) in [5.74, 6) is -2.72. The Morgan fingerprint density at radius 1 is 1.07 bits per heavy atom. The minimum Gasteiger partial charge on any atom is -0.478 e. The Kier molecular flexibility index (Phi) is 2.93. The van der Waals surface area contributed by atoms with Crippen LogP contribution in [0.3, 0.4) is 0 Å². The van der Waals surface area contributed by atoms with Crippen LogP contribution < -0.4 is 0 Å². The molecular weight excluding hydrogens is 233 g/mol. The number of aromatic nitrogens is 1. The largest absolute Gasteiger partial charge is 0.478 e. The van der Waals surface area contributed by atoms with Crippen LogP contribution in [0.4, 0.5) is 0 Å². The van der Waals surface area contributed by atoms with Gasteiger partial charge in [-0.05, 0) is 6.07 Å². The molecule has 7 heteroatoms. The number of hydrogen-bond donors (Lipinski definition) is 2. The molecule has 0 saturated heterocycles. The molecule has 0 unspecified atom stereocenters. The van der Waals surface area contributed by atoms with Crippen LogP contribution in [0.2, 0.25) is 10.3 Å². The molecule has 0 aliphatic carbocycles. The molecule has 0 atom stereocenters. The van der Waals surface area contributed by atoms with E-state index >= 15 is 0 Å². The maximum Gasteiger partial charge on any atom is 0.338 e. The summed E-state index contributed by atoms with van der Waals surface area (Å²) in [4.78, 5) is 24.5. The highest BCUT2D eigenvalue weighted by molar-refractivity contribution is 6.36. The number of carboxylic acid groups (broad SMARTS) is 2. The fraction of sp³-hybridized carbons (Fsp3) is 0. The molecule has 0 aliphatic rings. The van der Waals surface area contributed by atoms with Gasteiger partial charge in [-0.25, -0.2) is 14.6 Å². The van der Waals surface area contributed by atoms with E-state index in [4.69, 9.17) is 33.4 Å². The zero-order chi connectivity index (χ0) is 10.9. The highest BCUT2D eigenvalue weighted by atomic mass is 35.5. The number of rotatable bonds is 2. The van der Waals surface area contributed by atoms with E-state index in [1.807, 2.05) is 0 Å². The Bertz CT molecular complexity index is 383. The van der Waals surface area contributed by atoms with Crippen molar-refractivity contribution >= 4 is 35.1 Å². The van der Waals surface area contributed by atoms with Gasteiger partial charge in [0, 0.05) is 0 Å². The van der Waals surface area contributed by atoms with E-state index in [2.05, 4.69) is 4.98 Å². The van der Waals surface area contributed by atoms with Crippen molar-refractivity contribution in [2.24, 2.45) is 0 Å². The van der Waals surface area contributed by atoms with Gasteiger partial charge in [-0.1, -0.05) is 23.2 Å². The summed E-state index contributed by atoms with van der Waals surface area (Å²) >= 11 is 10.9. The first-order chi connectivity index (χ1) is 6.43. The smallest absolute Gasteiger partial charge is 0.338 e. The van der Waals surface area contributed by atoms with Gasteiger partial charge in [-0.2, -0.15) is 0 Å². The Balaban J connectivity index is 3.42. The van der Waals surface area contributed by atoms with Crippen LogP contribution in [-0.4, -0.2) is 27.1 Å². The number of carboxylic acids is 2. The van der Waals surface area contributed by atoms with Crippen molar-refractivity contribution in [2.45, 2.75) is 0 Å². The molecule has 1 rings (SSSR count). The van der Waals surface area contributed by atoms with Gasteiger partial charge in [-0.15, -0.1) is 0 Å². The Morgan fingerprint density at radius 3 is 1.71 bits per heavy atom. The standard InChI is InChI=1S/C7H3Cl2NO4/c8-4-2(6(11)12)1-3(7(13)14)5(9)10-4/h1H,(H,11,12)(H,13,14). The van der Waals surface area contributed by atoms with Crippen LogP contribution in [0, 0.1) is 0 Å². The lowest BCUT2D eigenvalue weighted by atomic mass is 10.2. The molecule has 5 nitrogen and oxygen atoms in total. The molecular formula is C7H3Cl2NO4. The van der Waals surface area contributed by atoms with Gasteiger partial charge in [0.05, 0.1) is 11.1 Å². The van der Waals surface area contributed by atoms with Gasteiger partial charge in [0.2, 0.25) is 0 Å². The molecule has 0 bridgehead atoms. The molecule has 0 fully saturated rings. The van der Waals surface area contributed by atoms with E-state index in [0.717, 1.165) is 6.07 Å². The Morgan fingerprint density at radius 2 is 1.43 bits per heavy atom. The summed E-state index contributed by atoms with van der Waals surface area (Å²) in [7, 11) is 0. The highest BCUT2D eigenvalue weighted by Gasteiger charge is 2.17. The molecule has 2 N–H and O–H groups in total. The van der Waals surface area contributed by atoms with Crippen molar-refractivity contribution in [3.05, 3.63) is 27.5 Å². The normalized spacial score (nSPS) is 9.86. The van der Waals surface area contributed by atoms with Crippen LogP contribution in [-0.2, 0) is 0 Å². The number of aromatic carboxylic acids is 2. The van der Waals surface area contributed by atoms with Crippen LogP contribution in [0.1, 0.15) is 20.7 Å². The molecule has 0 amide bonds. The zero-order valence-electron chi connectivity index (χ0n) is 6.49. The third-order valence-corrected chi connectivity index (χ3v) is 1.97. The first-order valence-corrected chi connectivity index (χ1v) is 4.01. The summed E-state index contributed by atoms with van der Waals surface area (Å²) in [6, 6.07) is 0.863. The van der Waals surface area contributed by atoms with Gasteiger partial charge in [0.1, 0.15) is 10.3 Å². The Hall–Kier alpha value is -1.33. The lowest BCUT2D eigenvalue weighted by Gasteiger charge is -2.01. The van der Waals surface area contributed by atoms with E-state index in [1.165, 1.54) is 0 Å². The van der Waals surface area contributed by atoms with Gasteiger partial charge < -0.3 is 10.2 Å². The van der Waals surface area contributed by atoms with Crippen molar-refractivity contribution in [1.82, 2.24) is 4.98 Å². The lowest BCUT2D eigenvalue weighted by Crippen LogP contribution is -2.05. The number of halogens is 2. The summed E-state index contributed by atoms with van der Waals surface area (Å²) in [5, 5.41) is 16.5. The van der Waals surface area contributed by atoms with Gasteiger partial charge in [0.25, 0.3) is 0 Å². The SMILES string of the molecule is O=C(O)c1cc(C(=O)O)c(Cl)nc1Cl. The molecule has 0 aromatic carbocycles. The summed E-state index contributed by atoms with van der Waals surface area (Å²) in [6.45, 7) is 0. The van der Waals surface area contributed by atoms with Crippen molar-refractivity contribution in [1.29, 1.82) is 0 Å². The molecule has 0 radical (unpaired) electrons. The van der Waals surface area contributed by atoms with Crippen LogP contribution in [0.25, 0.3) is 0 Å². The van der Waals surface area contributed by atoms with E-state index in [1.54, 1.807) is 0 Å². The Labute approximate surface area is 87.9 Å². The van der Waals surface area contributed by atoms with Gasteiger partial charge in [0.15, 0.2) is 0 Å². The zero-order valence-corrected chi connectivity index (χ0v) is 8.00. The van der Waals surface area contributed by atoms with Crippen LogP contribution in [0.15, 0.2) is 6.07 Å². The maximum absolute atomic E-state index is 10.5. The lowest BCUT2D eigenvalue weighted by molar-refractivity contribution is 0.0696. The molecule has 1 heterocycles. The molecule has 0 spiro atoms. The number of hydrogen-bond acceptors (Lipinski definition) is 3. The second-order valence-electron chi connectivity index (χ2n) is 2.28. The molecule has 1 aromatic rings. The molecule has 0 aliphatic heterocycles. The van der Waals surface area contributed by atoms with E-state index in [-0.39, 0.29) is 10.3 Å². The van der Waals surface area contributed by atoms with Gasteiger partial charge in [-0.3, -0.25) is 0 Å². The summed E-state index contributed by atoms with van der Waals surface area (Å²) in [6.07, 6.45) is 0. The van der Waals surface area contributed by atoms with Crippen molar-refractivity contribution in [3.8, 4) is 0 Å². The minimum absolute atomic E-state index is 0.340. The van der Waals surface area contributed by atoms with Gasteiger partial charge >= 0.3 is 11.9 Å². The number of nitrogens with zero attached hydrogens (tertiary/aromatic N) is 1. The van der Waals surface area contributed by atoms with E-state index in [0.29, 0.717) is 0 Å². The van der Waals surface area contributed by atoms with Crippen LogP contribution in [0.5, 0.6) is 0 Å². The first-order valence-electron chi connectivity index (χ1n) is 3.26. The maximum atomic E-state index is 10.5. The highest BCUT2D eigenvalue weighted by Crippen LogP contribution is 2.21. The predicted octanol–water partition coefficient (Wildman–Crippen LogP) is 1.78. The minimum atomic E-state index is -1.36. The molecule has 14 heavy (non-hydrogen) atoms. The monoisotopic (exact) mass is 235 g/mol. The second kappa shape index (κ2) is 3.81. The average Bonchev–Trinajstić information content (AvgIpc) is 2.02. The average molecular weight is 236 g/mol. The van der Waals surface area contributed by atoms with E-state index in [9.17, 15) is 9.59 Å². The second-order valence-corrected chi connectivity index (χ2v) is 2.99.